The van der Waals surface area contributed by atoms with Gasteiger partial charge in [-0.15, -0.1) is 0 Å². The van der Waals surface area contributed by atoms with Crippen molar-refractivity contribution in [1.29, 1.82) is 0 Å². The molecule has 0 saturated heterocycles. The number of hydrogen-bond donors (Lipinski definition) is 1. The van der Waals surface area contributed by atoms with Gasteiger partial charge in [-0.2, -0.15) is 0 Å². The number of halogens is 1. The zero-order valence-corrected chi connectivity index (χ0v) is 17.8. The average molecular weight is 478 g/mol. The van der Waals surface area contributed by atoms with Crippen LogP contribution < -0.4 is 19.5 Å². The second kappa shape index (κ2) is 10.1. The van der Waals surface area contributed by atoms with Crippen molar-refractivity contribution >= 4 is 33.6 Å². The van der Waals surface area contributed by atoms with Crippen molar-refractivity contribution in [2.24, 2.45) is 0 Å². The van der Waals surface area contributed by atoms with Crippen LogP contribution in [0.25, 0.3) is 0 Å². The van der Waals surface area contributed by atoms with Gasteiger partial charge in [-0.1, -0.05) is 22.0 Å². The van der Waals surface area contributed by atoms with E-state index in [1.807, 2.05) is 6.07 Å². The first kappa shape index (κ1) is 21.6. The van der Waals surface area contributed by atoms with E-state index in [0.29, 0.717) is 22.8 Å². The number of carbonyl (C=O) groups excluding carboxylic acids is 3. The first-order valence-electron chi connectivity index (χ1n) is 9.14. The Morgan fingerprint density at radius 3 is 2.67 bits per heavy atom. The highest BCUT2D eigenvalue weighted by Crippen LogP contribution is 2.32. The summed E-state index contributed by atoms with van der Waals surface area (Å²) in [7, 11) is 1.47. The van der Waals surface area contributed by atoms with Gasteiger partial charge in [0.05, 0.1) is 19.1 Å². The van der Waals surface area contributed by atoms with Crippen molar-refractivity contribution in [3.05, 3.63) is 52.0 Å². The Bertz CT molecular complexity index is 960. The van der Waals surface area contributed by atoms with Crippen LogP contribution in [0.3, 0.4) is 0 Å². The minimum atomic E-state index is -0.629. The van der Waals surface area contributed by atoms with Crippen molar-refractivity contribution in [2.45, 2.75) is 19.4 Å². The van der Waals surface area contributed by atoms with Crippen LogP contribution in [0.4, 0.5) is 0 Å². The maximum absolute atomic E-state index is 12.4. The molecule has 1 aliphatic rings. The summed E-state index contributed by atoms with van der Waals surface area (Å²) in [6, 6.07) is 10.4. The summed E-state index contributed by atoms with van der Waals surface area (Å²) >= 11 is 3.30. The molecule has 2 aromatic carbocycles. The fourth-order valence-electron chi connectivity index (χ4n) is 2.77. The molecular weight excluding hydrogens is 458 g/mol. The predicted octanol–water partition coefficient (Wildman–Crippen LogP) is 3.01. The highest BCUT2D eigenvalue weighted by Gasteiger charge is 2.16. The Labute approximate surface area is 181 Å². The van der Waals surface area contributed by atoms with Crippen LogP contribution in [0.1, 0.15) is 28.8 Å². The lowest BCUT2D eigenvalue weighted by atomic mass is 10.1. The molecule has 0 saturated carbocycles. The van der Waals surface area contributed by atoms with E-state index in [4.69, 9.17) is 18.9 Å². The second-order valence-electron chi connectivity index (χ2n) is 6.39. The summed E-state index contributed by atoms with van der Waals surface area (Å²) in [5, 5.41) is 2.66. The minimum Gasteiger partial charge on any atom is -0.496 e. The third-order valence-corrected chi connectivity index (χ3v) is 4.80. The number of Topliss-reactive ketones (excluding diaryl/α,β-unsaturated/α-hetero) is 1. The zero-order chi connectivity index (χ0) is 21.5. The van der Waals surface area contributed by atoms with Crippen molar-refractivity contribution < 1.29 is 33.3 Å². The quantitative estimate of drug-likeness (QED) is 0.437. The molecular formula is C21H20BrNO7. The molecule has 0 atom stereocenters. The molecule has 0 bridgehead atoms. The minimum absolute atomic E-state index is 0.0511. The standard InChI is InChI=1S/C21H20BrNO7/c1-27-17-6-3-14(22)9-15(17)16(24)4-7-21(26)28-11-20(25)23-10-13-2-5-18-19(8-13)30-12-29-18/h2-3,5-6,8-9H,4,7,10-12H2,1H3,(H,23,25). The van der Waals surface area contributed by atoms with E-state index in [9.17, 15) is 14.4 Å². The van der Waals surface area contributed by atoms with Gasteiger partial charge in [0.25, 0.3) is 5.91 Å². The summed E-state index contributed by atoms with van der Waals surface area (Å²) in [4.78, 5) is 36.1. The molecule has 1 heterocycles. The van der Waals surface area contributed by atoms with E-state index in [1.165, 1.54) is 7.11 Å². The topological polar surface area (TPSA) is 100 Å². The smallest absolute Gasteiger partial charge is 0.306 e. The number of benzene rings is 2. The third kappa shape index (κ3) is 5.73. The van der Waals surface area contributed by atoms with Gasteiger partial charge in [0.2, 0.25) is 6.79 Å². The number of rotatable bonds is 9. The Balaban J connectivity index is 1.39. The van der Waals surface area contributed by atoms with Crippen LogP contribution in [0.15, 0.2) is 40.9 Å². The lowest BCUT2D eigenvalue weighted by Crippen LogP contribution is -2.28. The second-order valence-corrected chi connectivity index (χ2v) is 7.31. The molecule has 2 aromatic rings. The van der Waals surface area contributed by atoms with Gasteiger partial charge in [-0.3, -0.25) is 14.4 Å². The Morgan fingerprint density at radius 2 is 1.87 bits per heavy atom. The maximum Gasteiger partial charge on any atom is 0.306 e. The van der Waals surface area contributed by atoms with Gasteiger partial charge in [0.1, 0.15) is 5.75 Å². The molecule has 0 aromatic heterocycles. The Morgan fingerprint density at radius 1 is 1.07 bits per heavy atom. The van der Waals surface area contributed by atoms with Gasteiger partial charge in [0, 0.05) is 17.4 Å². The van der Waals surface area contributed by atoms with Gasteiger partial charge in [-0.05, 0) is 35.9 Å². The number of ether oxygens (including phenoxy) is 4. The molecule has 0 aliphatic carbocycles. The summed E-state index contributed by atoms with van der Waals surface area (Å²) in [6.07, 6.45) is -0.186. The first-order chi connectivity index (χ1) is 14.5. The number of amides is 1. The predicted molar refractivity (Wildman–Crippen MR) is 110 cm³/mol. The van der Waals surface area contributed by atoms with Crippen LogP contribution in [0.2, 0.25) is 0 Å². The fraction of sp³-hybridized carbons (Fsp3) is 0.286. The lowest BCUT2D eigenvalue weighted by Gasteiger charge is -2.09. The van der Waals surface area contributed by atoms with E-state index >= 15 is 0 Å². The molecule has 3 rings (SSSR count). The van der Waals surface area contributed by atoms with Crippen molar-refractivity contribution in [1.82, 2.24) is 5.32 Å². The molecule has 9 heteroatoms. The zero-order valence-electron chi connectivity index (χ0n) is 16.2. The van der Waals surface area contributed by atoms with E-state index in [2.05, 4.69) is 21.2 Å². The molecule has 1 aliphatic heterocycles. The molecule has 1 amide bonds. The number of hydrogen-bond acceptors (Lipinski definition) is 7. The summed E-state index contributed by atoms with van der Waals surface area (Å²) in [5.41, 5.74) is 1.20. The number of esters is 1. The van der Waals surface area contributed by atoms with Crippen LogP contribution in [-0.4, -0.2) is 38.2 Å². The molecule has 0 spiro atoms. The van der Waals surface area contributed by atoms with Gasteiger partial charge < -0.3 is 24.3 Å². The fourth-order valence-corrected chi connectivity index (χ4v) is 3.13. The van der Waals surface area contributed by atoms with Crippen LogP contribution >= 0.6 is 15.9 Å². The SMILES string of the molecule is COc1ccc(Br)cc1C(=O)CCC(=O)OCC(=O)NCc1ccc2c(c1)OCO2. The van der Waals surface area contributed by atoms with E-state index in [0.717, 1.165) is 10.0 Å². The number of ketones is 1. The Hall–Kier alpha value is -3.07. The average Bonchev–Trinajstić information content (AvgIpc) is 3.22. The van der Waals surface area contributed by atoms with Crippen molar-refractivity contribution in [3.8, 4) is 17.2 Å². The monoisotopic (exact) mass is 477 g/mol. The van der Waals surface area contributed by atoms with E-state index in [-0.39, 0.29) is 32.0 Å². The van der Waals surface area contributed by atoms with Gasteiger partial charge >= 0.3 is 5.97 Å². The van der Waals surface area contributed by atoms with E-state index < -0.39 is 18.5 Å². The molecule has 158 valence electrons. The van der Waals surface area contributed by atoms with Crippen molar-refractivity contribution in [2.75, 3.05) is 20.5 Å². The van der Waals surface area contributed by atoms with Gasteiger partial charge in [0.15, 0.2) is 23.9 Å². The summed E-state index contributed by atoms with van der Waals surface area (Å²) in [5.74, 6) is 0.391. The maximum atomic E-state index is 12.4. The summed E-state index contributed by atoms with van der Waals surface area (Å²) < 4.78 is 21.4. The van der Waals surface area contributed by atoms with E-state index in [1.54, 1.807) is 30.3 Å². The first-order valence-corrected chi connectivity index (χ1v) is 9.93. The molecule has 30 heavy (non-hydrogen) atoms. The third-order valence-electron chi connectivity index (χ3n) is 4.31. The van der Waals surface area contributed by atoms with Crippen molar-refractivity contribution in [3.63, 3.8) is 0 Å². The van der Waals surface area contributed by atoms with Crippen LogP contribution in [0.5, 0.6) is 17.2 Å². The number of methoxy groups -OCH3 is 1. The largest absolute Gasteiger partial charge is 0.496 e. The molecule has 0 radical (unpaired) electrons. The molecule has 0 unspecified atom stereocenters. The normalized spacial score (nSPS) is 11.7. The Kier molecular flexibility index (Phi) is 7.29. The van der Waals surface area contributed by atoms with Crippen LogP contribution in [-0.2, 0) is 20.9 Å². The number of fused-ring (bicyclic) bond motifs is 1. The van der Waals surface area contributed by atoms with Crippen LogP contribution in [0, 0.1) is 0 Å². The highest BCUT2D eigenvalue weighted by atomic mass is 79.9. The highest BCUT2D eigenvalue weighted by molar-refractivity contribution is 9.10. The summed E-state index contributed by atoms with van der Waals surface area (Å²) in [6.45, 7) is 0.0178. The number of nitrogens with one attached hydrogen (secondary N) is 1. The van der Waals surface area contributed by atoms with Gasteiger partial charge in [-0.25, -0.2) is 0 Å². The molecule has 0 fully saturated rings. The molecule has 8 nitrogen and oxygen atoms in total. The number of carbonyl (C=O) groups is 3. The molecule has 1 N–H and O–H groups in total. The lowest BCUT2D eigenvalue weighted by molar-refractivity contribution is -0.148.